The molecule has 3 nitrogen and oxygen atoms in total. The zero-order valence-electron chi connectivity index (χ0n) is 8.17. The maximum absolute atomic E-state index is 10.2. The first-order chi connectivity index (χ1) is 6.29. The van der Waals surface area contributed by atoms with E-state index in [1.54, 1.807) is 0 Å². The first-order valence-corrected chi connectivity index (χ1v) is 5.39. The third-order valence-corrected chi connectivity index (χ3v) is 3.08. The van der Waals surface area contributed by atoms with Crippen LogP contribution in [0.1, 0.15) is 38.5 Å². The Hall–Kier alpha value is -0.120. The molecule has 0 aromatic rings. The minimum atomic E-state index is -0.456. The van der Waals surface area contributed by atoms with Crippen molar-refractivity contribution in [3.63, 3.8) is 0 Å². The smallest absolute Gasteiger partial charge is 0.0797 e. The van der Waals surface area contributed by atoms with Gasteiger partial charge in [-0.2, -0.15) is 5.06 Å². The molecule has 1 aliphatic carbocycles. The monoisotopic (exact) mass is 185 g/mol. The van der Waals surface area contributed by atoms with Crippen LogP contribution in [0, 0.1) is 0 Å². The second kappa shape index (κ2) is 3.95. The van der Waals surface area contributed by atoms with Crippen LogP contribution >= 0.6 is 0 Å². The van der Waals surface area contributed by atoms with Gasteiger partial charge < -0.3 is 5.11 Å². The van der Waals surface area contributed by atoms with Gasteiger partial charge in [0.2, 0.25) is 0 Å². The van der Waals surface area contributed by atoms with Crippen LogP contribution in [0.3, 0.4) is 0 Å². The van der Waals surface area contributed by atoms with Gasteiger partial charge in [-0.3, -0.25) is 4.84 Å². The van der Waals surface area contributed by atoms with Gasteiger partial charge in [-0.25, -0.2) is 0 Å². The fourth-order valence-corrected chi connectivity index (χ4v) is 2.32. The molecule has 13 heavy (non-hydrogen) atoms. The SMILES string of the molecule is OC1(CN2CCCO2)CCCCC1. The molecule has 0 spiro atoms. The maximum Gasteiger partial charge on any atom is 0.0797 e. The zero-order valence-corrected chi connectivity index (χ0v) is 8.17. The highest BCUT2D eigenvalue weighted by atomic mass is 16.7. The molecule has 0 aromatic carbocycles. The van der Waals surface area contributed by atoms with Gasteiger partial charge in [-0.05, 0) is 19.3 Å². The second-order valence-corrected chi connectivity index (χ2v) is 4.34. The van der Waals surface area contributed by atoms with E-state index in [4.69, 9.17) is 4.84 Å². The van der Waals surface area contributed by atoms with Crippen molar-refractivity contribution >= 4 is 0 Å². The Labute approximate surface area is 79.6 Å². The van der Waals surface area contributed by atoms with E-state index in [1.165, 1.54) is 19.3 Å². The highest BCUT2D eigenvalue weighted by Crippen LogP contribution is 2.29. The summed E-state index contributed by atoms with van der Waals surface area (Å²) < 4.78 is 0. The van der Waals surface area contributed by atoms with Crippen LogP contribution in [0.5, 0.6) is 0 Å². The molecule has 0 aromatic heterocycles. The molecule has 3 heteroatoms. The van der Waals surface area contributed by atoms with E-state index < -0.39 is 5.60 Å². The highest BCUT2D eigenvalue weighted by Gasteiger charge is 2.32. The Kier molecular flexibility index (Phi) is 2.86. The maximum atomic E-state index is 10.2. The third kappa shape index (κ3) is 2.42. The lowest BCUT2D eigenvalue weighted by atomic mass is 9.85. The molecule has 0 amide bonds. The summed E-state index contributed by atoms with van der Waals surface area (Å²) >= 11 is 0. The summed E-state index contributed by atoms with van der Waals surface area (Å²) in [6.07, 6.45) is 6.63. The van der Waals surface area contributed by atoms with Crippen molar-refractivity contribution in [2.75, 3.05) is 19.7 Å². The van der Waals surface area contributed by atoms with Gasteiger partial charge in [0.05, 0.1) is 18.8 Å². The molecule has 1 heterocycles. The van der Waals surface area contributed by atoms with Gasteiger partial charge in [-0.15, -0.1) is 0 Å². The highest BCUT2D eigenvalue weighted by molar-refractivity contribution is 4.84. The van der Waals surface area contributed by atoms with E-state index in [-0.39, 0.29) is 0 Å². The predicted octanol–water partition coefficient (Wildman–Crippen LogP) is 1.32. The molecular weight excluding hydrogens is 166 g/mol. The number of hydrogen-bond donors (Lipinski definition) is 1. The van der Waals surface area contributed by atoms with Gasteiger partial charge in [-0.1, -0.05) is 19.3 Å². The van der Waals surface area contributed by atoms with E-state index in [0.29, 0.717) is 6.54 Å². The lowest BCUT2D eigenvalue weighted by Crippen LogP contribution is -2.42. The van der Waals surface area contributed by atoms with Crippen molar-refractivity contribution in [1.82, 2.24) is 5.06 Å². The van der Waals surface area contributed by atoms with Gasteiger partial charge in [0.25, 0.3) is 0 Å². The molecule has 2 aliphatic rings. The van der Waals surface area contributed by atoms with Crippen molar-refractivity contribution in [3.8, 4) is 0 Å². The van der Waals surface area contributed by atoms with Crippen molar-refractivity contribution < 1.29 is 9.94 Å². The minimum absolute atomic E-state index is 0.456. The Balaban J connectivity index is 1.83. The van der Waals surface area contributed by atoms with Crippen LogP contribution in [0.4, 0.5) is 0 Å². The average Bonchev–Trinajstić information content (AvgIpc) is 2.57. The van der Waals surface area contributed by atoms with E-state index in [9.17, 15) is 5.11 Å². The van der Waals surface area contributed by atoms with Crippen LogP contribution in [0.15, 0.2) is 0 Å². The molecule has 2 fully saturated rings. The molecule has 1 N–H and O–H groups in total. The van der Waals surface area contributed by atoms with Crippen molar-refractivity contribution in [2.24, 2.45) is 0 Å². The second-order valence-electron chi connectivity index (χ2n) is 4.34. The van der Waals surface area contributed by atoms with Gasteiger partial charge in [0.15, 0.2) is 0 Å². The number of β-amino-alcohol motifs (C(OH)–C–C–N with tert-alkyl or cyclic N) is 1. The predicted molar refractivity (Wildman–Crippen MR) is 50.2 cm³/mol. The lowest BCUT2D eigenvalue weighted by Gasteiger charge is -2.34. The first kappa shape index (κ1) is 9.44. The van der Waals surface area contributed by atoms with Gasteiger partial charge >= 0.3 is 0 Å². The zero-order chi connectivity index (χ0) is 9.15. The summed E-state index contributed by atoms with van der Waals surface area (Å²) in [4.78, 5) is 5.39. The lowest BCUT2D eigenvalue weighted by molar-refractivity contribution is -0.157. The van der Waals surface area contributed by atoms with Crippen LogP contribution < -0.4 is 0 Å². The Morgan fingerprint density at radius 2 is 1.92 bits per heavy atom. The number of nitrogens with zero attached hydrogens (tertiary/aromatic N) is 1. The third-order valence-electron chi connectivity index (χ3n) is 3.08. The summed E-state index contributed by atoms with van der Waals surface area (Å²) in [6, 6.07) is 0. The molecule has 2 rings (SSSR count). The number of aliphatic hydroxyl groups is 1. The van der Waals surface area contributed by atoms with E-state index in [2.05, 4.69) is 0 Å². The van der Waals surface area contributed by atoms with Crippen LogP contribution in [-0.2, 0) is 4.84 Å². The molecule has 0 radical (unpaired) electrons. The summed E-state index contributed by atoms with van der Waals surface area (Å²) in [7, 11) is 0. The van der Waals surface area contributed by atoms with Crippen molar-refractivity contribution in [3.05, 3.63) is 0 Å². The van der Waals surface area contributed by atoms with Crippen molar-refractivity contribution in [1.29, 1.82) is 0 Å². The largest absolute Gasteiger partial charge is 0.388 e. The van der Waals surface area contributed by atoms with E-state index >= 15 is 0 Å². The number of hydrogen-bond acceptors (Lipinski definition) is 3. The van der Waals surface area contributed by atoms with Crippen LogP contribution in [-0.4, -0.2) is 35.5 Å². The summed E-state index contributed by atoms with van der Waals surface area (Å²) in [6.45, 7) is 2.53. The van der Waals surface area contributed by atoms with Gasteiger partial charge in [0, 0.05) is 6.54 Å². The Morgan fingerprint density at radius 3 is 2.54 bits per heavy atom. The standard InChI is InChI=1S/C10H19NO2/c12-10(5-2-1-3-6-10)9-11-7-4-8-13-11/h12H,1-9H2. The van der Waals surface area contributed by atoms with Crippen molar-refractivity contribution in [2.45, 2.75) is 44.1 Å². The Morgan fingerprint density at radius 1 is 1.15 bits per heavy atom. The fraction of sp³-hybridized carbons (Fsp3) is 1.00. The fourth-order valence-electron chi connectivity index (χ4n) is 2.32. The van der Waals surface area contributed by atoms with Gasteiger partial charge in [0.1, 0.15) is 0 Å². The molecule has 0 bridgehead atoms. The number of hydroxylamine groups is 2. The topological polar surface area (TPSA) is 32.7 Å². The minimum Gasteiger partial charge on any atom is -0.388 e. The molecule has 0 unspecified atom stereocenters. The Bertz CT molecular complexity index is 160. The molecule has 76 valence electrons. The number of rotatable bonds is 2. The summed E-state index contributed by atoms with van der Waals surface area (Å²) in [5, 5.41) is 12.1. The summed E-state index contributed by atoms with van der Waals surface area (Å²) in [5.74, 6) is 0. The molecule has 1 aliphatic heterocycles. The van der Waals surface area contributed by atoms with E-state index in [0.717, 1.165) is 32.4 Å². The first-order valence-electron chi connectivity index (χ1n) is 5.39. The van der Waals surface area contributed by atoms with Crippen LogP contribution in [0.2, 0.25) is 0 Å². The molecule has 1 saturated heterocycles. The summed E-state index contributed by atoms with van der Waals surface area (Å²) in [5.41, 5.74) is -0.456. The normalized spacial score (nSPS) is 29.3. The quantitative estimate of drug-likeness (QED) is 0.704. The van der Waals surface area contributed by atoms with E-state index in [1.807, 2.05) is 5.06 Å². The average molecular weight is 185 g/mol. The molecular formula is C10H19NO2. The molecule has 0 atom stereocenters. The van der Waals surface area contributed by atoms with Crippen LogP contribution in [0.25, 0.3) is 0 Å². The molecule has 1 saturated carbocycles.